The average molecular weight is 339 g/mol. The summed E-state index contributed by atoms with van der Waals surface area (Å²) in [4.78, 5) is 28.0. The van der Waals surface area contributed by atoms with Crippen molar-refractivity contribution < 1.29 is 9.59 Å². The van der Waals surface area contributed by atoms with Crippen molar-refractivity contribution in [2.45, 2.75) is 12.8 Å². The van der Waals surface area contributed by atoms with Gasteiger partial charge < -0.3 is 4.90 Å². The summed E-state index contributed by atoms with van der Waals surface area (Å²) in [6.45, 7) is 0.703. The molecule has 3 nitrogen and oxygen atoms in total. The van der Waals surface area contributed by atoms with Crippen LogP contribution >= 0.6 is 0 Å². The summed E-state index contributed by atoms with van der Waals surface area (Å²) >= 11 is 0. The van der Waals surface area contributed by atoms with E-state index in [2.05, 4.69) is 6.07 Å². The maximum absolute atomic E-state index is 13.5. The van der Waals surface area contributed by atoms with Crippen LogP contribution in [0.4, 0.5) is 5.69 Å². The van der Waals surface area contributed by atoms with Gasteiger partial charge in [0.25, 0.3) is 5.91 Å². The molecule has 3 heteroatoms. The van der Waals surface area contributed by atoms with E-state index in [0.717, 1.165) is 29.7 Å². The minimum Gasteiger partial charge on any atom is -0.308 e. The van der Waals surface area contributed by atoms with Gasteiger partial charge >= 0.3 is 0 Å². The first-order valence-electron chi connectivity index (χ1n) is 8.92. The number of carbonyl (C=O) groups excluding carboxylic acids is 2. The van der Waals surface area contributed by atoms with Gasteiger partial charge in [-0.2, -0.15) is 0 Å². The van der Waals surface area contributed by atoms with Gasteiger partial charge in [0.1, 0.15) is 0 Å². The normalized spacial score (nSPS) is 14.6. The largest absolute Gasteiger partial charge is 0.308 e. The van der Waals surface area contributed by atoms with Gasteiger partial charge in [0.15, 0.2) is 5.78 Å². The Morgan fingerprint density at radius 1 is 0.808 bits per heavy atom. The molecule has 3 aromatic carbocycles. The molecule has 2 aliphatic rings. The standard InChI is InChI=1S/C23H17NO2/c25-22-17-10-3-2-9-16(17)21-18(22)11-5-12-19(21)23(26)24-14-6-8-15-7-1-4-13-20(15)24/h1-5,7,9-13H,6,8,14H2. The van der Waals surface area contributed by atoms with Crippen molar-refractivity contribution in [1.82, 2.24) is 0 Å². The Bertz CT molecular complexity index is 1070. The molecule has 0 N–H and O–H groups in total. The van der Waals surface area contributed by atoms with Crippen LogP contribution in [0.15, 0.2) is 66.7 Å². The van der Waals surface area contributed by atoms with E-state index >= 15 is 0 Å². The van der Waals surface area contributed by atoms with E-state index in [0.29, 0.717) is 23.2 Å². The van der Waals surface area contributed by atoms with E-state index in [1.54, 1.807) is 0 Å². The van der Waals surface area contributed by atoms with Crippen molar-refractivity contribution in [2.75, 3.05) is 11.4 Å². The van der Waals surface area contributed by atoms with Crippen LogP contribution in [-0.4, -0.2) is 18.2 Å². The lowest BCUT2D eigenvalue weighted by Crippen LogP contribution is -2.35. The van der Waals surface area contributed by atoms with Crippen LogP contribution < -0.4 is 4.90 Å². The first kappa shape index (κ1) is 15.1. The highest BCUT2D eigenvalue weighted by molar-refractivity contribution is 6.25. The molecule has 0 fully saturated rings. The molecule has 0 spiro atoms. The fourth-order valence-corrected chi connectivity index (χ4v) is 4.14. The van der Waals surface area contributed by atoms with E-state index < -0.39 is 0 Å². The topological polar surface area (TPSA) is 37.4 Å². The maximum Gasteiger partial charge on any atom is 0.258 e. The van der Waals surface area contributed by atoms with E-state index in [-0.39, 0.29) is 11.7 Å². The molecule has 0 radical (unpaired) electrons. The van der Waals surface area contributed by atoms with Crippen LogP contribution in [0.25, 0.3) is 11.1 Å². The third-order valence-corrected chi connectivity index (χ3v) is 5.34. The van der Waals surface area contributed by atoms with E-state index in [9.17, 15) is 9.59 Å². The average Bonchev–Trinajstić information content (AvgIpc) is 3.00. The van der Waals surface area contributed by atoms with Crippen molar-refractivity contribution in [3.05, 3.63) is 89.0 Å². The molecule has 1 aliphatic heterocycles. The summed E-state index contributed by atoms with van der Waals surface area (Å²) in [6.07, 6.45) is 1.95. The molecule has 0 bridgehead atoms. The molecular weight excluding hydrogens is 322 g/mol. The lowest BCUT2D eigenvalue weighted by molar-refractivity contribution is 0.0985. The molecule has 0 saturated heterocycles. The van der Waals surface area contributed by atoms with Crippen molar-refractivity contribution in [2.24, 2.45) is 0 Å². The molecule has 1 amide bonds. The lowest BCUT2D eigenvalue weighted by Gasteiger charge is -2.30. The van der Waals surface area contributed by atoms with Gasteiger partial charge in [0.05, 0.1) is 0 Å². The maximum atomic E-state index is 13.5. The van der Waals surface area contributed by atoms with Gasteiger partial charge in [-0.25, -0.2) is 0 Å². The Balaban J connectivity index is 1.67. The number of hydrogen-bond acceptors (Lipinski definition) is 2. The number of fused-ring (bicyclic) bond motifs is 4. The summed E-state index contributed by atoms with van der Waals surface area (Å²) < 4.78 is 0. The third kappa shape index (κ3) is 2.07. The monoisotopic (exact) mass is 339 g/mol. The molecule has 0 aromatic heterocycles. The van der Waals surface area contributed by atoms with E-state index in [4.69, 9.17) is 0 Å². The Morgan fingerprint density at radius 2 is 1.54 bits per heavy atom. The van der Waals surface area contributed by atoms with Crippen LogP contribution in [-0.2, 0) is 6.42 Å². The van der Waals surface area contributed by atoms with Gasteiger partial charge in [-0.15, -0.1) is 0 Å². The lowest BCUT2D eigenvalue weighted by atomic mass is 9.96. The highest BCUT2D eigenvalue weighted by atomic mass is 16.2. The fourth-order valence-electron chi connectivity index (χ4n) is 4.14. The number of anilines is 1. The molecule has 0 saturated carbocycles. The Labute approximate surface area is 151 Å². The summed E-state index contributed by atoms with van der Waals surface area (Å²) in [6, 6.07) is 21.1. The zero-order chi connectivity index (χ0) is 17.7. The van der Waals surface area contributed by atoms with Crippen LogP contribution in [0.2, 0.25) is 0 Å². The molecule has 0 atom stereocenters. The Hall–Kier alpha value is -3.20. The van der Waals surface area contributed by atoms with Gasteiger partial charge in [-0.3, -0.25) is 9.59 Å². The smallest absolute Gasteiger partial charge is 0.258 e. The van der Waals surface area contributed by atoms with Crippen molar-refractivity contribution in [3.8, 4) is 11.1 Å². The minimum absolute atomic E-state index is 0.00398. The minimum atomic E-state index is -0.0292. The highest BCUT2D eigenvalue weighted by Gasteiger charge is 2.32. The number of hydrogen-bond donors (Lipinski definition) is 0. The number of amides is 1. The third-order valence-electron chi connectivity index (χ3n) is 5.34. The van der Waals surface area contributed by atoms with E-state index in [1.165, 1.54) is 5.56 Å². The molecule has 126 valence electrons. The quantitative estimate of drug-likeness (QED) is 0.512. The summed E-state index contributed by atoms with van der Waals surface area (Å²) in [5.41, 5.74) is 5.75. The number of benzene rings is 3. The number of ketones is 1. The van der Waals surface area contributed by atoms with Gasteiger partial charge in [0, 0.05) is 34.5 Å². The molecule has 1 heterocycles. The number of aryl methyl sites for hydroxylation is 1. The molecular formula is C23H17NO2. The van der Waals surface area contributed by atoms with Gasteiger partial charge in [-0.05, 0) is 36.1 Å². The predicted octanol–water partition coefficient (Wildman–Crippen LogP) is 4.49. The number of carbonyl (C=O) groups is 2. The van der Waals surface area contributed by atoms with Crippen LogP contribution in [0.1, 0.15) is 38.3 Å². The second-order valence-corrected chi connectivity index (χ2v) is 6.79. The second kappa shape index (κ2) is 5.67. The van der Waals surface area contributed by atoms with Crippen molar-refractivity contribution >= 4 is 17.4 Å². The summed E-state index contributed by atoms with van der Waals surface area (Å²) in [5.74, 6) is -0.0252. The zero-order valence-electron chi connectivity index (χ0n) is 14.2. The van der Waals surface area contributed by atoms with Crippen LogP contribution in [0.5, 0.6) is 0 Å². The van der Waals surface area contributed by atoms with Crippen molar-refractivity contribution in [1.29, 1.82) is 0 Å². The molecule has 26 heavy (non-hydrogen) atoms. The fraction of sp³-hybridized carbons (Fsp3) is 0.130. The number of rotatable bonds is 1. The highest BCUT2D eigenvalue weighted by Crippen LogP contribution is 2.40. The molecule has 1 aliphatic carbocycles. The summed E-state index contributed by atoms with van der Waals surface area (Å²) in [5, 5.41) is 0. The molecule has 3 aromatic rings. The predicted molar refractivity (Wildman–Crippen MR) is 102 cm³/mol. The summed E-state index contributed by atoms with van der Waals surface area (Å²) in [7, 11) is 0. The van der Waals surface area contributed by atoms with Gasteiger partial charge in [0.2, 0.25) is 0 Å². The second-order valence-electron chi connectivity index (χ2n) is 6.79. The van der Waals surface area contributed by atoms with Crippen LogP contribution in [0.3, 0.4) is 0 Å². The van der Waals surface area contributed by atoms with Gasteiger partial charge in [-0.1, -0.05) is 54.6 Å². The SMILES string of the molecule is O=C1c2ccccc2-c2c1cccc2C(=O)N1CCCc2ccccc21. The first-order chi connectivity index (χ1) is 12.8. The zero-order valence-corrected chi connectivity index (χ0v) is 14.2. The molecule has 0 unspecified atom stereocenters. The first-order valence-corrected chi connectivity index (χ1v) is 8.92. The Kier molecular flexibility index (Phi) is 3.29. The number of nitrogens with zero attached hydrogens (tertiary/aromatic N) is 1. The number of para-hydroxylation sites is 1. The molecule has 5 rings (SSSR count). The van der Waals surface area contributed by atoms with Crippen LogP contribution in [0, 0.1) is 0 Å². The van der Waals surface area contributed by atoms with E-state index in [1.807, 2.05) is 65.6 Å². The van der Waals surface area contributed by atoms with Crippen molar-refractivity contribution in [3.63, 3.8) is 0 Å². The Morgan fingerprint density at radius 3 is 2.42 bits per heavy atom.